The molecule has 11 nitrogen and oxygen atoms in total. The second-order valence-electron chi connectivity index (χ2n) is 9.32. The monoisotopic (exact) mass is 536 g/mol. The number of H-pyrrole nitrogens is 1. The summed E-state index contributed by atoms with van der Waals surface area (Å²) in [7, 11) is 0. The van der Waals surface area contributed by atoms with E-state index in [1.54, 1.807) is 18.3 Å². The van der Waals surface area contributed by atoms with E-state index in [1.165, 1.54) is 0 Å². The highest BCUT2D eigenvalue weighted by Gasteiger charge is 2.30. The number of rotatable bonds is 15. The molecule has 3 atom stereocenters. The Kier molecular flexibility index (Phi) is 11.0. The number of carboxylic acids is 1. The Morgan fingerprint density at radius 2 is 1.44 bits per heavy atom. The van der Waals surface area contributed by atoms with Gasteiger partial charge in [-0.25, -0.2) is 4.79 Å². The molecule has 0 saturated carbocycles. The molecule has 0 radical (unpaired) electrons. The van der Waals surface area contributed by atoms with Gasteiger partial charge >= 0.3 is 5.97 Å². The van der Waals surface area contributed by atoms with Crippen LogP contribution in [0.1, 0.15) is 30.4 Å². The first kappa shape index (κ1) is 29.3. The maximum absolute atomic E-state index is 13.5. The van der Waals surface area contributed by atoms with E-state index in [2.05, 4.69) is 20.9 Å². The van der Waals surface area contributed by atoms with E-state index in [0.717, 1.165) is 22.0 Å². The zero-order chi connectivity index (χ0) is 28.2. The molecular weight excluding hydrogens is 500 g/mol. The van der Waals surface area contributed by atoms with Crippen LogP contribution in [0, 0.1) is 0 Å². The van der Waals surface area contributed by atoms with Gasteiger partial charge < -0.3 is 37.5 Å². The summed E-state index contributed by atoms with van der Waals surface area (Å²) in [5, 5.41) is 18.5. The third-order valence-electron chi connectivity index (χ3n) is 6.41. The lowest BCUT2D eigenvalue weighted by atomic mass is 10.0. The molecule has 0 aliphatic heterocycles. The van der Waals surface area contributed by atoms with E-state index in [4.69, 9.17) is 11.5 Å². The minimum absolute atomic E-state index is 0.123. The first-order valence-electron chi connectivity index (χ1n) is 12.9. The fraction of sp³-hybridized carbons (Fsp3) is 0.357. The molecule has 0 fully saturated rings. The summed E-state index contributed by atoms with van der Waals surface area (Å²) in [5.74, 6) is -2.92. The number of hydrogen-bond donors (Lipinski definition) is 7. The maximum atomic E-state index is 13.5. The standard InChI is InChI=1S/C28H36N6O5/c29-13-7-6-12-22(28(38)39)33-26(36)23(14-18-8-2-1-3-9-18)34-27(37)24(32-25(35)16-30)15-19-17-31-21-11-5-4-10-20(19)21/h1-5,8-11,17,22-24,31H,6-7,12-16,29-30H2,(H,32,35)(H,33,36)(H,34,37)(H,38,39). The van der Waals surface area contributed by atoms with Crippen LogP contribution in [0.4, 0.5) is 0 Å². The van der Waals surface area contributed by atoms with E-state index in [9.17, 15) is 24.3 Å². The third-order valence-corrected chi connectivity index (χ3v) is 6.41. The maximum Gasteiger partial charge on any atom is 0.326 e. The minimum Gasteiger partial charge on any atom is -0.480 e. The molecule has 39 heavy (non-hydrogen) atoms. The van der Waals surface area contributed by atoms with Gasteiger partial charge in [-0.05, 0) is 43.0 Å². The molecule has 0 bridgehead atoms. The number of carboxylic acid groups (broad SMARTS) is 1. The van der Waals surface area contributed by atoms with Crippen LogP contribution >= 0.6 is 0 Å². The van der Waals surface area contributed by atoms with Crippen LogP contribution in [0.2, 0.25) is 0 Å². The van der Waals surface area contributed by atoms with Gasteiger partial charge in [0.2, 0.25) is 17.7 Å². The molecule has 11 heteroatoms. The molecule has 1 aromatic heterocycles. The van der Waals surface area contributed by atoms with E-state index in [-0.39, 0.29) is 25.8 Å². The quantitative estimate of drug-likeness (QED) is 0.138. The van der Waals surface area contributed by atoms with Crippen LogP contribution in [-0.2, 0) is 32.0 Å². The highest BCUT2D eigenvalue weighted by Crippen LogP contribution is 2.19. The lowest BCUT2D eigenvalue weighted by Crippen LogP contribution is -2.57. The number of para-hydroxylation sites is 1. The van der Waals surface area contributed by atoms with Crippen LogP contribution in [0.3, 0.4) is 0 Å². The van der Waals surface area contributed by atoms with Crippen molar-refractivity contribution in [3.8, 4) is 0 Å². The Hall–Kier alpha value is -4.22. The Bertz CT molecular complexity index is 1260. The number of aliphatic carboxylic acids is 1. The SMILES string of the molecule is NCCCCC(NC(=O)C(Cc1ccccc1)NC(=O)C(Cc1c[nH]c2ccccc12)NC(=O)CN)C(=O)O. The number of nitrogens with one attached hydrogen (secondary N) is 4. The number of nitrogens with two attached hydrogens (primary N) is 2. The van der Waals surface area contributed by atoms with Gasteiger partial charge in [0.15, 0.2) is 0 Å². The molecular formula is C28H36N6O5. The highest BCUT2D eigenvalue weighted by molar-refractivity contribution is 5.94. The molecule has 9 N–H and O–H groups in total. The van der Waals surface area contributed by atoms with Gasteiger partial charge in [-0.3, -0.25) is 14.4 Å². The largest absolute Gasteiger partial charge is 0.480 e. The Balaban J connectivity index is 1.82. The van der Waals surface area contributed by atoms with Crippen molar-refractivity contribution in [2.75, 3.05) is 13.1 Å². The average Bonchev–Trinajstić information content (AvgIpc) is 3.34. The van der Waals surface area contributed by atoms with Crippen LogP contribution in [0.25, 0.3) is 10.9 Å². The number of fused-ring (bicyclic) bond motifs is 1. The summed E-state index contributed by atoms with van der Waals surface area (Å²) in [6.07, 6.45) is 3.41. The van der Waals surface area contributed by atoms with Gasteiger partial charge in [-0.1, -0.05) is 48.5 Å². The molecule has 0 spiro atoms. The summed E-state index contributed by atoms with van der Waals surface area (Å²) < 4.78 is 0. The summed E-state index contributed by atoms with van der Waals surface area (Å²) in [4.78, 5) is 53.9. The molecule has 0 aliphatic carbocycles. The van der Waals surface area contributed by atoms with Crippen molar-refractivity contribution in [2.24, 2.45) is 11.5 Å². The first-order valence-corrected chi connectivity index (χ1v) is 12.9. The Morgan fingerprint density at radius 3 is 2.10 bits per heavy atom. The number of aromatic amines is 1. The number of unbranched alkanes of at least 4 members (excludes halogenated alkanes) is 1. The van der Waals surface area contributed by atoms with Gasteiger partial charge in [-0.15, -0.1) is 0 Å². The smallest absolute Gasteiger partial charge is 0.326 e. The van der Waals surface area contributed by atoms with Gasteiger partial charge in [0.1, 0.15) is 18.1 Å². The highest BCUT2D eigenvalue weighted by atomic mass is 16.4. The number of carbonyl (C=O) groups excluding carboxylic acids is 3. The molecule has 208 valence electrons. The topological polar surface area (TPSA) is 192 Å². The van der Waals surface area contributed by atoms with Crippen LogP contribution in [0.5, 0.6) is 0 Å². The Labute approximate surface area is 226 Å². The third kappa shape index (κ3) is 8.66. The van der Waals surface area contributed by atoms with Crippen molar-refractivity contribution in [3.05, 3.63) is 71.9 Å². The predicted octanol–water partition coefficient (Wildman–Crippen LogP) is 0.580. The Morgan fingerprint density at radius 1 is 0.795 bits per heavy atom. The molecule has 2 aromatic carbocycles. The van der Waals surface area contributed by atoms with Crippen molar-refractivity contribution < 1.29 is 24.3 Å². The fourth-order valence-electron chi connectivity index (χ4n) is 4.34. The minimum atomic E-state index is -1.17. The van der Waals surface area contributed by atoms with E-state index in [0.29, 0.717) is 19.4 Å². The summed E-state index contributed by atoms with van der Waals surface area (Å²) in [5.41, 5.74) is 13.5. The molecule has 0 aliphatic rings. The predicted molar refractivity (Wildman–Crippen MR) is 148 cm³/mol. The second kappa shape index (κ2) is 14.6. The molecule has 1 heterocycles. The van der Waals surface area contributed by atoms with Gasteiger partial charge in [-0.2, -0.15) is 0 Å². The molecule has 0 saturated heterocycles. The molecule has 3 unspecified atom stereocenters. The van der Waals surface area contributed by atoms with Crippen molar-refractivity contribution in [2.45, 2.75) is 50.2 Å². The summed E-state index contributed by atoms with van der Waals surface area (Å²) in [6, 6.07) is 13.4. The first-order chi connectivity index (χ1) is 18.8. The van der Waals surface area contributed by atoms with Crippen molar-refractivity contribution in [3.63, 3.8) is 0 Å². The van der Waals surface area contributed by atoms with Crippen molar-refractivity contribution in [1.29, 1.82) is 0 Å². The summed E-state index contributed by atoms with van der Waals surface area (Å²) in [6.45, 7) is 0.105. The number of amides is 3. The lowest BCUT2D eigenvalue weighted by Gasteiger charge is -2.25. The van der Waals surface area contributed by atoms with E-state index >= 15 is 0 Å². The zero-order valence-electron chi connectivity index (χ0n) is 21.7. The fourth-order valence-corrected chi connectivity index (χ4v) is 4.34. The number of aromatic nitrogens is 1. The zero-order valence-corrected chi connectivity index (χ0v) is 21.7. The van der Waals surface area contributed by atoms with Crippen LogP contribution in [0.15, 0.2) is 60.8 Å². The van der Waals surface area contributed by atoms with Crippen molar-refractivity contribution in [1.82, 2.24) is 20.9 Å². The van der Waals surface area contributed by atoms with Gasteiger partial charge in [0.25, 0.3) is 0 Å². The normalized spacial score (nSPS) is 13.3. The lowest BCUT2D eigenvalue weighted by molar-refractivity contribution is -0.142. The molecule has 3 rings (SSSR count). The summed E-state index contributed by atoms with van der Waals surface area (Å²) >= 11 is 0. The van der Waals surface area contributed by atoms with Crippen LogP contribution in [-0.4, -0.2) is 65.0 Å². The molecule has 3 aromatic rings. The van der Waals surface area contributed by atoms with E-state index < -0.39 is 41.8 Å². The van der Waals surface area contributed by atoms with Crippen LogP contribution < -0.4 is 27.4 Å². The average molecular weight is 537 g/mol. The number of hydrogen-bond acceptors (Lipinski definition) is 6. The number of carbonyl (C=O) groups is 4. The number of benzene rings is 2. The van der Waals surface area contributed by atoms with Gasteiger partial charge in [0, 0.05) is 29.9 Å². The molecule has 3 amide bonds. The van der Waals surface area contributed by atoms with Crippen molar-refractivity contribution >= 4 is 34.6 Å². The second-order valence-corrected chi connectivity index (χ2v) is 9.32. The van der Waals surface area contributed by atoms with E-state index in [1.807, 2.05) is 42.5 Å². The van der Waals surface area contributed by atoms with Gasteiger partial charge in [0.05, 0.1) is 6.54 Å².